The van der Waals surface area contributed by atoms with Crippen molar-refractivity contribution in [3.63, 3.8) is 0 Å². The lowest BCUT2D eigenvalue weighted by Gasteiger charge is -2.42. The minimum absolute atomic E-state index is 0.910. The van der Waals surface area contributed by atoms with E-state index in [1.807, 2.05) is 0 Å². The van der Waals surface area contributed by atoms with Gasteiger partial charge in [-0.1, -0.05) is 0 Å². The summed E-state index contributed by atoms with van der Waals surface area (Å²) in [5, 5.41) is 0. The molecule has 4 saturated heterocycles. The second kappa shape index (κ2) is 17.3. The van der Waals surface area contributed by atoms with Crippen LogP contribution in [0, 0.1) is 0 Å². The van der Waals surface area contributed by atoms with Crippen molar-refractivity contribution in [3.8, 4) is 0 Å². The van der Waals surface area contributed by atoms with Gasteiger partial charge in [-0.3, -0.25) is 29.4 Å². The number of hydrogen-bond acceptors (Lipinski definition) is 9. The van der Waals surface area contributed by atoms with E-state index in [4.69, 9.17) is 14.2 Å². The molecule has 36 heavy (non-hydrogen) atoms. The molecular formula is C27H54N6O3. The third-order valence-electron chi connectivity index (χ3n) is 8.11. The molecule has 0 amide bonds. The molecule has 4 rings (SSSR count). The summed E-state index contributed by atoms with van der Waals surface area (Å²) < 4.78 is 16.5. The summed E-state index contributed by atoms with van der Waals surface area (Å²) in [6.07, 6.45) is 7.80. The fourth-order valence-electron chi connectivity index (χ4n) is 5.89. The lowest BCUT2D eigenvalue weighted by atomic mass is 10.2. The molecule has 210 valence electrons. The maximum absolute atomic E-state index is 5.50. The van der Waals surface area contributed by atoms with Crippen molar-refractivity contribution >= 4 is 0 Å². The molecule has 4 heterocycles. The predicted octanol–water partition coefficient (Wildman–Crippen LogP) is 1.12. The van der Waals surface area contributed by atoms with Crippen molar-refractivity contribution in [1.29, 1.82) is 0 Å². The van der Waals surface area contributed by atoms with Gasteiger partial charge in [0.25, 0.3) is 0 Å². The Morgan fingerprint density at radius 1 is 0.306 bits per heavy atom. The van der Waals surface area contributed by atoms with E-state index in [-0.39, 0.29) is 0 Å². The molecule has 0 spiro atoms. The lowest BCUT2D eigenvalue weighted by Crippen LogP contribution is -2.55. The maximum Gasteiger partial charge on any atom is 0.0594 e. The molecule has 9 nitrogen and oxygen atoms in total. The first-order chi connectivity index (χ1) is 17.8. The lowest BCUT2D eigenvalue weighted by molar-refractivity contribution is -0.0325. The van der Waals surface area contributed by atoms with Gasteiger partial charge in [-0.2, -0.15) is 0 Å². The Hall–Kier alpha value is -0.360. The zero-order chi connectivity index (χ0) is 24.7. The van der Waals surface area contributed by atoms with Crippen LogP contribution in [0.5, 0.6) is 0 Å². The van der Waals surface area contributed by atoms with E-state index in [1.54, 1.807) is 0 Å². The average Bonchev–Trinajstić information content (AvgIpc) is 2.93. The molecule has 0 atom stereocenters. The average molecular weight is 511 g/mol. The van der Waals surface area contributed by atoms with Crippen molar-refractivity contribution in [2.75, 3.05) is 138 Å². The highest BCUT2D eigenvalue weighted by atomic mass is 16.5. The van der Waals surface area contributed by atoms with Crippen LogP contribution in [0.4, 0.5) is 0 Å². The molecule has 0 aromatic heterocycles. The number of hydrogen-bond donors (Lipinski definition) is 0. The molecule has 9 heteroatoms. The number of nitrogens with zero attached hydrogens (tertiary/aromatic N) is 6. The van der Waals surface area contributed by atoms with Crippen LogP contribution >= 0.6 is 0 Å². The Bertz CT molecular complexity index is 474. The topological polar surface area (TPSA) is 47.1 Å². The zero-order valence-corrected chi connectivity index (χ0v) is 23.0. The van der Waals surface area contributed by atoms with E-state index < -0.39 is 0 Å². The molecule has 0 aliphatic carbocycles. The summed E-state index contributed by atoms with van der Waals surface area (Å²) in [7, 11) is 0. The highest BCUT2D eigenvalue weighted by Crippen LogP contribution is 2.13. The predicted molar refractivity (Wildman–Crippen MR) is 144 cm³/mol. The van der Waals surface area contributed by atoms with Crippen LogP contribution in [0.1, 0.15) is 38.5 Å². The van der Waals surface area contributed by atoms with E-state index in [0.29, 0.717) is 0 Å². The zero-order valence-electron chi connectivity index (χ0n) is 23.0. The fraction of sp³-hybridized carbons (Fsp3) is 1.00. The van der Waals surface area contributed by atoms with Gasteiger partial charge >= 0.3 is 0 Å². The summed E-state index contributed by atoms with van der Waals surface area (Å²) in [5.41, 5.74) is 0. The Labute approximate surface area is 220 Å². The van der Waals surface area contributed by atoms with E-state index >= 15 is 0 Å². The molecule has 0 saturated carbocycles. The van der Waals surface area contributed by atoms with Crippen LogP contribution in [0.15, 0.2) is 0 Å². The number of rotatable bonds is 15. The number of morpholine rings is 3. The first kappa shape index (κ1) is 28.6. The molecule has 4 fully saturated rings. The second-order valence-corrected chi connectivity index (χ2v) is 11.1. The highest BCUT2D eigenvalue weighted by molar-refractivity contribution is 4.72. The van der Waals surface area contributed by atoms with E-state index in [0.717, 1.165) is 98.9 Å². The molecular weight excluding hydrogens is 456 g/mol. The van der Waals surface area contributed by atoms with Crippen molar-refractivity contribution in [3.05, 3.63) is 0 Å². The number of ether oxygens (including phenoxy) is 3. The molecule has 4 aliphatic rings. The van der Waals surface area contributed by atoms with Crippen LogP contribution in [0.2, 0.25) is 0 Å². The summed E-state index contributed by atoms with van der Waals surface area (Å²) in [5.74, 6) is 0. The fourth-order valence-corrected chi connectivity index (χ4v) is 5.89. The molecule has 0 unspecified atom stereocenters. The van der Waals surface area contributed by atoms with Crippen LogP contribution in [0.3, 0.4) is 0 Å². The SMILES string of the molecule is C(CCN1CN(CCCCN2CCOCC2)CN(CCCCN2CCOCC2)C1)CN1CCOCC1. The van der Waals surface area contributed by atoms with Gasteiger partial charge in [0.2, 0.25) is 0 Å². The Balaban J connectivity index is 1.14. The quantitative estimate of drug-likeness (QED) is 0.302. The van der Waals surface area contributed by atoms with E-state index in [9.17, 15) is 0 Å². The maximum atomic E-state index is 5.50. The van der Waals surface area contributed by atoms with Gasteiger partial charge in [0.1, 0.15) is 0 Å². The van der Waals surface area contributed by atoms with Gasteiger partial charge in [-0.25, -0.2) is 0 Å². The Morgan fingerprint density at radius 2 is 0.528 bits per heavy atom. The third-order valence-corrected chi connectivity index (χ3v) is 8.11. The van der Waals surface area contributed by atoms with Crippen LogP contribution in [-0.2, 0) is 14.2 Å². The Morgan fingerprint density at radius 3 is 0.778 bits per heavy atom. The van der Waals surface area contributed by atoms with Crippen molar-refractivity contribution in [1.82, 2.24) is 29.4 Å². The van der Waals surface area contributed by atoms with Crippen LogP contribution in [-0.4, -0.2) is 168 Å². The molecule has 0 N–H and O–H groups in total. The van der Waals surface area contributed by atoms with Crippen LogP contribution < -0.4 is 0 Å². The van der Waals surface area contributed by atoms with Gasteiger partial charge in [-0.15, -0.1) is 0 Å². The molecule has 0 radical (unpaired) electrons. The highest BCUT2D eigenvalue weighted by Gasteiger charge is 2.23. The summed E-state index contributed by atoms with van der Waals surface area (Å²) >= 11 is 0. The van der Waals surface area contributed by atoms with E-state index in [2.05, 4.69) is 29.4 Å². The Kier molecular flexibility index (Phi) is 13.7. The molecule has 0 aromatic rings. The standard InChI is InChI=1S/C27H54N6O3/c1(7-28-13-19-34-20-14-28)4-10-31-25-32(11-5-2-8-29-15-21-35-22-16-29)27-33(26-31)12-6-3-9-30-17-23-36-24-18-30/h1-27H2. The second-order valence-electron chi connectivity index (χ2n) is 11.1. The largest absolute Gasteiger partial charge is 0.379 e. The van der Waals surface area contributed by atoms with Crippen molar-refractivity contribution in [2.24, 2.45) is 0 Å². The monoisotopic (exact) mass is 510 g/mol. The normalized spacial score (nSPS) is 25.0. The van der Waals surface area contributed by atoms with Gasteiger partial charge in [-0.05, 0) is 58.2 Å². The van der Waals surface area contributed by atoms with Gasteiger partial charge in [0.15, 0.2) is 0 Å². The first-order valence-electron chi connectivity index (χ1n) is 14.9. The first-order valence-corrected chi connectivity index (χ1v) is 14.9. The number of unbranched alkanes of at least 4 members (excludes halogenated alkanes) is 3. The minimum atomic E-state index is 0.910. The van der Waals surface area contributed by atoms with Crippen LogP contribution in [0.25, 0.3) is 0 Å². The smallest absolute Gasteiger partial charge is 0.0594 e. The molecule has 0 bridgehead atoms. The summed E-state index contributed by atoms with van der Waals surface area (Å²) in [6.45, 7) is 22.9. The molecule has 0 aromatic carbocycles. The molecule has 4 aliphatic heterocycles. The summed E-state index contributed by atoms with van der Waals surface area (Å²) in [4.78, 5) is 15.8. The van der Waals surface area contributed by atoms with Gasteiger partial charge in [0.05, 0.1) is 59.6 Å². The van der Waals surface area contributed by atoms with Crippen molar-refractivity contribution in [2.45, 2.75) is 38.5 Å². The van der Waals surface area contributed by atoms with Crippen molar-refractivity contribution < 1.29 is 14.2 Å². The van der Waals surface area contributed by atoms with Gasteiger partial charge < -0.3 is 14.2 Å². The minimum Gasteiger partial charge on any atom is -0.379 e. The van der Waals surface area contributed by atoms with Gasteiger partial charge in [0, 0.05) is 58.9 Å². The third kappa shape index (κ3) is 11.2. The van der Waals surface area contributed by atoms with E-state index in [1.165, 1.54) is 77.8 Å². The summed E-state index contributed by atoms with van der Waals surface area (Å²) in [6, 6.07) is 0.